The minimum atomic E-state index is -0.0301. The fourth-order valence-electron chi connectivity index (χ4n) is 1.61. The van der Waals surface area contributed by atoms with Gasteiger partial charge in [-0.15, -0.1) is 0 Å². The van der Waals surface area contributed by atoms with Gasteiger partial charge in [-0.05, 0) is 19.8 Å². The van der Waals surface area contributed by atoms with Gasteiger partial charge in [0.1, 0.15) is 0 Å². The highest BCUT2D eigenvalue weighted by Crippen LogP contribution is 1.98. The molecule has 0 rings (SSSR count). The maximum Gasteiger partial charge on any atom is 0.234 e. The van der Waals surface area contributed by atoms with Gasteiger partial charge in [-0.3, -0.25) is 14.5 Å². The molecule has 0 saturated carbocycles. The number of rotatable bonds is 8. The first-order valence-corrected chi connectivity index (χ1v) is 6.25. The number of amides is 2. The lowest BCUT2D eigenvalue weighted by molar-refractivity contribution is -0.125. The molecule has 0 bridgehead atoms. The molecule has 2 amide bonds. The Kier molecular flexibility index (Phi) is 8.40. The summed E-state index contributed by atoms with van der Waals surface area (Å²) in [6, 6.07) is 0. The number of nitrogens with zero attached hydrogens (tertiary/aromatic N) is 1. The predicted molar refractivity (Wildman–Crippen MR) is 68.6 cm³/mol. The third-order valence-electron chi connectivity index (χ3n) is 2.11. The molecular weight excluding hydrogens is 218 g/mol. The normalized spacial score (nSPS) is 10.7. The first kappa shape index (κ1) is 15.9. The minimum absolute atomic E-state index is 0.0301. The molecule has 0 aliphatic carbocycles. The van der Waals surface area contributed by atoms with Crippen LogP contribution in [0.25, 0.3) is 0 Å². The molecule has 0 radical (unpaired) electrons. The van der Waals surface area contributed by atoms with E-state index in [0.29, 0.717) is 19.0 Å². The number of likely N-dealkylation sites (N-methyl/N-ethyl adjacent to an activating group) is 2. The highest BCUT2D eigenvalue weighted by Gasteiger charge is 2.14. The molecule has 2 N–H and O–H groups in total. The van der Waals surface area contributed by atoms with Gasteiger partial charge in [-0.25, -0.2) is 0 Å². The summed E-state index contributed by atoms with van der Waals surface area (Å²) in [6.45, 7) is 10.5. The monoisotopic (exact) mass is 243 g/mol. The maximum atomic E-state index is 11.5. The highest BCUT2D eigenvalue weighted by molar-refractivity contribution is 5.81. The molecule has 0 saturated heterocycles. The molecule has 17 heavy (non-hydrogen) atoms. The number of nitrogens with one attached hydrogen (secondary N) is 2. The second kappa shape index (κ2) is 8.98. The molecule has 0 aliphatic rings. The predicted octanol–water partition coefficient (Wildman–Crippen LogP) is 0.217. The van der Waals surface area contributed by atoms with E-state index in [-0.39, 0.29) is 24.9 Å². The Labute approximate surface area is 104 Å². The van der Waals surface area contributed by atoms with Crippen LogP contribution in [-0.4, -0.2) is 49.4 Å². The molecular formula is C12H25N3O2. The second-order valence-electron chi connectivity index (χ2n) is 4.47. The van der Waals surface area contributed by atoms with Crippen molar-refractivity contribution in [3.8, 4) is 0 Å². The third kappa shape index (κ3) is 8.68. The summed E-state index contributed by atoms with van der Waals surface area (Å²) in [4.78, 5) is 24.9. The van der Waals surface area contributed by atoms with Gasteiger partial charge in [0.15, 0.2) is 0 Å². The minimum Gasteiger partial charge on any atom is -0.355 e. The van der Waals surface area contributed by atoms with Crippen LogP contribution in [-0.2, 0) is 9.59 Å². The van der Waals surface area contributed by atoms with E-state index >= 15 is 0 Å². The molecule has 5 heteroatoms. The fraction of sp³-hybridized carbons (Fsp3) is 0.833. The molecule has 0 aromatic heterocycles. The Hall–Kier alpha value is -1.10. The van der Waals surface area contributed by atoms with Crippen molar-refractivity contribution in [3.05, 3.63) is 0 Å². The lowest BCUT2D eigenvalue weighted by atomic mass is 10.2. The summed E-state index contributed by atoms with van der Waals surface area (Å²) >= 11 is 0. The summed E-state index contributed by atoms with van der Waals surface area (Å²) in [6.07, 6.45) is 0. The van der Waals surface area contributed by atoms with Crippen LogP contribution >= 0.6 is 0 Å². The van der Waals surface area contributed by atoms with Crippen LogP contribution < -0.4 is 10.6 Å². The van der Waals surface area contributed by atoms with Gasteiger partial charge in [-0.1, -0.05) is 13.8 Å². The average molecular weight is 243 g/mol. The lowest BCUT2D eigenvalue weighted by Gasteiger charge is -2.22. The summed E-state index contributed by atoms with van der Waals surface area (Å²) in [5.74, 6) is 0.369. The Bertz CT molecular complexity index is 222. The Morgan fingerprint density at radius 2 is 1.41 bits per heavy atom. The summed E-state index contributed by atoms with van der Waals surface area (Å²) in [5.41, 5.74) is 0. The van der Waals surface area contributed by atoms with Crippen molar-refractivity contribution in [3.63, 3.8) is 0 Å². The van der Waals surface area contributed by atoms with E-state index in [2.05, 4.69) is 24.5 Å². The van der Waals surface area contributed by atoms with Crippen molar-refractivity contribution >= 4 is 11.8 Å². The van der Waals surface area contributed by atoms with Crippen LogP contribution in [0.4, 0.5) is 0 Å². The molecule has 0 fully saturated rings. The van der Waals surface area contributed by atoms with E-state index in [1.165, 1.54) is 0 Å². The fourth-order valence-corrected chi connectivity index (χ4v) is 1.61. The molecule has 0 aromatic rings. The van der Waals surface area contributed by atoms with Crippen LogP contribution in [0.3, 0.4) is 0 Å². The van der Waals surface area contributed by atoms with E-state index in [1.807, 2.05) is 18.7 Å². The number of hydrogen-bond donors (Lipinski definition) is 2. The van der Waals surface area contributed by atoms with E-state index in [9.17, 15) is 9.59 Å². The molecule has 0 aliphatic heterocycles. The van der Waals surface area contributed by atoms with Crippen molar-refractivity contribution in [2.24, 2.45) is 5.92 Å². The van der Waals surface area contributed by atoms with Crippen LogP contribution in [0.1, 0.15) is 27.7 Å². The Morgan fingerprint density at radius 3 is 1.71 bits per heavy atom. The molecule has 5 nitrogen and oxygen atoms in total. The highest BCUT2D eigenvalue weighted by atomic mass is 16.2. The summed E-state index contributed by atoms with van der Waals surface area (Å²) in [7, 11) is 0. The van der Waals surface area contributed by atoms with Crippen molar-refractivity contribution in [2.75, 3.05) is 32.7 Å². The van der Waals surface area contributed by atoms with Crippen LogP contribution in [0.2, 0.25) is 0 Å². The molecule has 0 spiro atoms. The zero-order valence-electron chi connectivity index (χ0n) is 11.4. The van der Waals surface area contributed by atoms with E-state index in [4.69, 9.17) is 0 Å². The summed E-state index contributed by atoms with van der Waals surface area (Å²) < 4.78 is 0. The zero-order valence-corrected chi connectivity index (χ0v) is 11.4. The SMILES string of the molecule is CCNC(=O)CN(CC(=O)NCC)CC(C)C. The van der Waals surface area contributed by atoms with Gasteiger partial charge in [-0.2, -0.15) is 0 Å². The molecule has 0 aromatic carbocycles. The quantitative estimate of drug-likeness (QED) is 0.641. The van der Waals surface area contributed by atoms with Gasteiger partial charge >= 0.3 is 0 Å². The molecule has 0 heterocycles. The van der Waals surface area contributed by atoms with E-state index in [1.54, 1.807) is 0 Å². The maximum absolute atomic E-state index is 11.5. The number of carbonyl (C=O) groups excluding carboxylic acids is 2. The largest absolute Gasteiger partial charge is 0.355 e. The van der Waals surface area contributed by atoms with Gasteiger partial charge in [0.2, 0.25) is 11.8 Å². The van der Waals surface area contributed by atoms with Gasteiger partial charge in [0, 0.05) is 19.6 Å². The van der Waals surface area contributed by atoms with Crippen LogP contribution in [0, 0.1) is 5.92 Å². The van der Waals surface area contributed by atoms with Gasteiger partial charge in [0.05, 0.1) is 13.1 Å². The van der Waals surface area contributed by atoms with Crippen LogP contribution in [0.5, 0.6) is 0 Å². The van der Waals surface area contributed by atoms with Crippen molar-refractivity contribution in [2.45, 2.75) is 27.7 Å². The molecule has 0 atom stereocenters. The van der Waals surface area contributed by atoms with Gasteiger partial charge in [0.25, 0.3) is 0 Å². The zero-order chi connectivity index (χ0) is 13.3. The average Bonchev–Trinajstić information content (AvgIpc) is 2.16. The van der Waals surface area contributed by atoms with Gasteiger partial charge < -0.3 is 10.6 Å². The first-order valence-electron chi connectivity index (χ1n) is 6.25. The van der Waals surface area contributed by atoms with E-state index < -0.39 is 0 Å². The first-order chi connectivity index (χ1) is 7.99. The van der Waals surface area contributed by atoms with Crippen molar-refractivity contribution < 1.29 is 9.59 Å². The third-order valence-corrected chi connectivity index (χ3v) is 2.11. The van der Waals surface area contributed by atoms with Crippen molar-refractivity contribution in [1.29, 1.82) is 0 Å². The van der Waals surface area contributed by atoms with Crippen LogP contribution in [0.15, 0.2) is 0 Å². The Morgan fingerprint density at radius 1 is 1.00 bits per heavy atom. The van der Waals surface area contributed by atoms with Crippen molar-refractivity contribution in [1.82, 2.24) is 15.5 Å². The number of carbonyl (C=O) groups is 2. The topological polar surface area (TPSA) is 61.4 Å². The summed E-state index contributed by atoms with van der Waals surface area (Å²) in [5, 5.41) is 5.48. The smallest absolute Gasteiger partial charge is 0.234 e. The second-order valence-corrected chi connectivity index (χ2v) is 4.47. The molecule has 100 valence electrons. The van der Waals surface area contributed by atoms with E-state index in [0.717, 1.165) is 6.54 Å². The lowest BCUT2D eigenvalue weighted by Crippen LogP contribution is -2.44. The number of hydrogen-bond acceptors (Lipinski definition) is 3. The Balaban J connectivity index is 4.22. The standard InChI is InChI=1S/C12H25N3O2/c1-5-13-11(16)8-15(7-10(3)4)9-12(17)14-6-2/h10H,5-9H2,1-4H3,(H,13,16)(H,14,17). The molecule has 0 unspecified atom stereocenters.